The van der Waals surface area contributed by atoms with Crippen molar-refractivity contribution in [2.75, 3.05) is 0 Å². The van der Waals surface area contributed by atoms with Crippen LogP contribution in [0.1, 0.15) is 11.1 Å². The molecule has 0 saturated carbocycles. The number of benzene rings is 1. The van der Waals surface area contributed by atoms with Gasteiger partial charge >= 0.3 is 0 Å². The van der Waals surface area contributed by atoms with Crippen LogP contribution in [-0.4, -0.2) is 4.98 Å². The summed E-state index contributed by atoms with van der Waals surface area (Å²) in [7, 11) is 0. The molecule has 0 bridgehead atoms. The number of hydrogen-bond donors (Lipinski definition) is 1. The Labute approximate surface area is 102 Å². The first-order valence-electron chi connectivity index (χ1n) is 5.39. The molecule has 1 aromatic heterocycles. The van der Waals surface area contributed by atoms with E-state index < -0.39 is 17.5 Å². The quantitative estimate of drug-likeness (QED) is 0.905. The van der Waals surface area contributed by atoms with Crippen molar-refractivity contribution in [1.82, 2.24) is 10.3 Å². The molecule has 0 atom stereocenters. The van der Waals surface area contributed by atoms with Crippen LogP contribution in [0.5, 0.6) is 0 Å². The summed E-state index contributed by atoms with van der Waals surface area (Å²) in [5.74, 6) is -2.14. The molecule has 0 amide bonds. The maximum absolute atomic E-state index is 12.9. The number of nitrogens with one attached hydrogen (secondary N) is 1. The van der Waals surface area contributed by atoms with Crippen LogP contribution in [0.3, 0.4) is 0 Å². The van der Waals surface area contributed by atoms with Gasteiger partial charge in [0, 0.05) is 19.3 Å². The van der Waals surface area contributed by atoms with Crippen LogP contribution < -0.4 is 5.32 Å². The Morgan fingerprint density at radius 2 is 1.67 bits per heavy atom. The molecule has 5 heteroatoms. The minimum atomic E-state index is -0.873. The van der Waals surface area contributed by atoms with Crippen LogP contribution in [0.25, 0.3) is 0 Å². The summed E-state index contributed by atoms with van der Waals surface area (Å²) in [6, 6.07) is 5.07. The smallest absolute Gasteiger partial charge is 0.159 e. The number of rotatable bonds is 4. The highest BCUT2D eigenvalue weighted by Crippen LogP contribution is 2.08. The fourth-order valence-corrected chi connectivity index (χ4v) is 1.55. The Bertz CT molecular complexity index is 544. The molecule has 0 aliphatic rings. The SMILES string of the molecule is Fc1cncc(CNCc2ccc(F)c(F)c2)c1. The van der Waals surface area contributed by atoms with Gasteiger partial charge in [-0.3, -0.25) is 4.98 Å². The van der Waals surface area contributed by atoms with Gasteiger partial charge < -0.3 is 5.32 Å². The largest absolute Gasteiger partial charge is 0.309 e. The van der Waals surface area contributed by atoms with E-state index in [0.29, 0.717) is 24.2 Å². The summed E-state index contributed by atoms with van der Waals surface area (Å²) in [4.78, 5) is 3.71. The van der Waals surface area contributed by atoms with Gasteiger partial charge in [0.1, 0.15) is 5.82 Å². The van der Waals surface area contributed by atoms with Crippen LogP contribution in [0.4, 0.5) is 13.2 Å². The summed E-state index contributed by atoms with van der Waals surface area (Å²) in [6.45, 7) is 0.775. The van der Waals surface area contributed by atoms with E-state index >= 15 is 0 Å². The van der Waals surface area contributed by atoms with Crippen molar-refractivity contribution in [1.29, 1.82) is 0 Å². The standard InChI is InChI=1S/C13H11F3N2/c14-11-3-10(7-18-8-11)6-17-5-9-1-2-12(15)13(16)4-9/h1-4,7-8,17H,5-6H2. The zero-order chi connectivity index (χ0) is 13.0. The maximum atomic E-state index is 12.9. The monoisotopic (exact) mass is 252 g/mol. The normalized spacial score (nSPS) is 10.6. The molecule has 0 unspecified atom stereocenters. The summed E-state index contributed by atoms with van der Waals surface area (Å²) >= 11 is 0. The molecule has 1 aromatic carbocycles. The molecule has 0 saturated heterocycles. The highest BCUT2D eigenvalue weighted by atomic mass is 19.2. The minimum absolute atomic E-state index is 0.369. The van der Waals surface area contributed by atoms with E-state index in [1.807, 2.05) is 0 Å². The molecule has 2 aromatic rings. The molecule has 2 rings (SSSR count). The van der Waals surface area contributed by atoms with Gasteiger partial charge in [-0.1, -0.05) is 6.07 Å². The minimum Gasteiger partial charge on any atom is -0.309 e. The third-order valence-electron chi connectivity index (χ3n) is 2.40. The van der Waals surface area contributed by atoms with Gasteiger partial charge in [-0.05, 0) is 29.3 Å². The molecule has 0 spiro atoms. The summed E-state index contributed by atoms with van der Waals surface area (Å²) in [6.07, 6.45) is 2.67. The third kappa shape index (κ3) is 3.30. The highest BCUT2D eigenvalue weighted by Gasteiger charge is 2.02. The van der Waals surface area contributed by atoms with Crippen LogP contribution in [0.2, 0.25) is 0 Å². The van der Waals surface area contributed by atoms with Gasteiger partial charge in [-0.2, -0.15) is 0 Å². The average molecular weight is 252 g/mol. The lowest BCUT2D eigenvalue weighted by Crippen LogP contribution is -2.13. The Kier molecular flexibility index (Phi) is 3.94. The fraction of sp³-hybridized carbons (Fsp3) is 0.154. The molecule has 0 aliphatic heterocycles. The number of aromatic nitrogens is 1. The fourth-order valence-electron chi connectivity index (χ4n) is 1.55. The number of hydrogen-bond acceptors (Lipinski definition) is 2. The molecule has 2 nitrogen and oxygen atoms in total. The second-order valence-electron chi connectivity index (χ2n) is 3.86. The van der Waals surface area contributed by atoms with Crippen LogP contribution in [0.15, 0.2) is 36.7 Å². The third-order valence-corrected chi connectivity index (χ3v) is 2.40. The van der Waals surface area contributed by atoms with Gasteiger partial charge in [0.25, 0.3) is 0 Å². The van der Waals surface area contributed by atoms with Gasteiger partial charge in [-0.25, -0.2) is 13.2 Å². The van der Waals surface area contributed by atoms with Gasteiger partial charge in [-0.15, -0.1) is 0 Å². The first-order chi connectivity index (χ1) is 8.65. The zero-order valence-corrected chi connectivity index (χ0v) is 9.46. The molecule has 1 heterocycles. The molecule has 0 radical (unpaired) electrons. The Hall–Kier alpha value is -1.88. The lowest BCUT2D eigenvalue weighted by atomic mass is 10.2. The second-order valence-corrected chi connectivity index (χ2v) is 3.86. The van der Waals surface area contributed by atoms with Crippen LogP contribution >= 0.6 is 0 Å². The van der Waals surface area contributed by atoms with Crippen molar-refractivity contribution in [3.05, 3.63) is 65.2 Å². The van der Waals surface area contributed by atoms with Crippen LogP contribution in [-0.2, 0) is 13.1 Å². The molecule has 0 fully saturated rings. The van der Waals surface area contributed by atoms with E-state index in [2.05, 4.69) is 10.3 Å². The molecular formula is C13H11F3N2. The number of halogens is 3. The van der Waals surface area contributed by atoms with Gasteiger partial charge in [0.2, 0.25) is 0 Å². The molecular weight excluding hydrogens is 241 g/mol. The lowest BCUT2D eigenvalue weighted by molar-refractivity contribution is 0.506. The van der Waals surface area contributed by atoms with Crippen molar-refractivity contribution < 1.29 is 13.2 Å². The van der Waals surface area contributed by atoms with E-state index in [0.717, 1.165) is 18.3 Å². The van der Waals surface area contributed by atoms with Crippen LogP contribution in [0, 0.1) is 17.5 Å². The molecule has 1 N–H and O–H groups in total. The van der Waals surface area contributed by atoms with E-state index in [9.17, 15) is 13.2 Å². The van der Waals surface area contributed by atoms with Crippen molar-refractivity contribution in [2.24, 2.45) is 0 Å². The summed E-state index contributed by atoms with van der Waals surface area (Å²) in [5.41, 5.74) is 1.32. The highest BCUT2D eigenvalue weighted by molar-refractivity contribution is 5.18. The van der Waals surface area contributed by atoms with Gasteiger partial charge in [0.15, 0.2) is 11.6 Å². The molecule has 0 aliphatic carbocycles. The topological polar surface area (TPSA) is 24.9 Å². The van der Waals surface area contributed by atoms with E-state index in [1.54, 1.807) is 6.20 Å². The first kappa shape index (κ1) is 12.6. The average Bonchev–Trinajstić information content (AvgIpc) is 2.34. The van der Waals surface area contributed by atoms with E-state index in [1.165, 1.54) is 12.1 Å². The maximum Gasteiger partial charge on any atom is 0.159 e. The van der Waals surface area contributed by atoms with Crippen molar-refractivity contribution in [3.8, 4) is 0 Å². The first-order valence-corrected chi connectivity index (χ1v) is 5.39. The predicted octanol–water partition coefficient (Wildman–Crippen LogP) is 2.79. The summed E-state index contributed by atoms with van der Waals surface area (Å²) < 4.78 is 38.4. The van der Waals surface area contributed by atoms with Crippen molar-refractivity contribution >= 4 is 0 Å². The Morgan fingerprint density at radius 3 is 2.39 bits per heavy atom. The van der Waals surface area contributed by atoms with Gasteiger partial charge in [0.05, 0.1) is 6.20 Å². The number of pyridine rings is 1. The lowest BCUT2D eigenvalue weighted by Gasteiger charge is -2.05. The second kappa shape index (κ2) is 5.64. The molecule has 94 valence electrons. The number of nitrogens with zero attached hydrogens (tertiary/aromatic N) is 1. The van der Waals surface area contributed by atoms with E-state index in [4.69, 9.17) is 0 Å². The molecule has 18 heavy (non-hydrogen) atoms. The van der Waals surface area contributed by atoms with E-state index in [-0.39, 0.29) is 0 Å². The summed E-state index contributed by atoms with van der Waals surface area (Å²) in [5, 5.41) is 3.00. The van der Waals surface area contributed by atoms with Crippen molar-refractivity contribution in [2.45, 2.75) is 13.1 Å². The predicted molar refractivity (Wildman–Crippen MR) is 61.1 cm³/mol. The Balaban J connectivity index is 1.90. The Morgan fingerprint density at radius 1 is 0.889 bits per heavy atom. The zero-order valence-electron chi connectivity index (χ0n) is 9.46. The van der Waals surface area contributed by atoms with Crippen molar-refractivity contribution in [3.63, 3.8) is 0 Å².